The molecule has 2 aromatic carbocycles. The number of para-hydroxylation sites is 1. The fourth-order valence-corrected chi connectivity index (χ4v) is 2.72. The zero-order valence-corrected chi connectivity index (χ0v) is 14.9. The Labute approximate surface area is 155 Å². The molecule has 4 aromatic rings. The first-order chi connectivity index (χ1) is 12.7. The van der Waals surface area contributed by atoms with E-state index >= 15 is 0 Å². The summed E-state index contributed by atoms with van der Waals surface area (Å²) < 4.78 is 3.85. The first-order valence-electron chi connectivity index (χ1n) is 8.09. The normalized spacial score (nSPS) is 11.3. The average Bonchev–Trinajstić information content (AvgIpc) is 3.28. The van der Waals surface area contributed by atoms with Gasteiger partial charge in [-0.05, 0) is 31.3 Å². The maximum Gasteiger partial charge on any atom is 0.216 e. The molecule has 0 atom stereocenters. The van der Waals surface area contributed by atoms with Crippen LogP contribution in [-0.4, -0.2) is 30.9 Å². The second-order valence-electron chi connectivity index (χ2n) is 5.83. The third-order valence-electron chi connectivity index (χ3n) is 3.91. The molecule has 7 heteroatoms. The molecule has 0 fully saturated rings. The quantitative estimate of drug-likeness (QED) is 0.442. The summed E-state index contributed by atoms with van der Waals surface area (Å²) in [6, 6.07) is 18.0. The number of H-pyrrole nitrogens is 1. The topological polar surface area (TPSA) is 63.8 Å². The molecular weight excluding hydrogens is 344 g/mol. The van der Waals surface area contributed by atoms with Gasteiger partial charge in [0.05, 0.1) is 18.1 Å². The van der Waals surface area contributed by atoms with Crippen LogP contribution < -0.4 is 0 Å². The van der Waals surface area contributed by atoms with Gasteiger partial charge < -0.3 is 0 Å². The van der Waals surface area contributed by atoms with Gasteiger partial charge >= 0.3 is 0 Å². The van der Waals surface area contributed by atoms with Crippen molar-refractivity contribution in [3.8, 4) is 17.1 Å². The summed E-state index contributed by atoms with van der Waals surface area (Å²) >= 11 is 5.31. The number of hydrogen-bond acceptors (Lipinski definition) is 4. The van der Waals surface area contributed by atoms with Crippen LogP contribution in [-0.2, 0) is 0 Å². The molecule has 0 bridgehead atoms. The molecule has 0 radical (unpaired) electrons. The van der Waals surface area contributed by atoms with Crippen molar-refractivity contribution in [1.29, 1.82) is 0 Å². The van der Waals surface area contributed by atoms with E-state index in [1.165, 1.54) is 5.56 Å². The first kappa shape index (κ1) is 16.2. The Morgan fingerprint density at radius 1 is 1.08 bits per heavy atom. The van der Waals surface area contributed by atoms with E-state index in [1.54, 1.807) is 21.8 Å². The van der Waals surface area contributed by atoms with E-state index < -0.39 is 0 Å². The molecule has 0 aliphatic rings. The van der Waals surface area contributed by atoms with Gasteiger partial charge in [-0.3, -0.25) is 0 Å². The van der Waals surface area contributed by atoms with Crippen molar-refractivity contribution in [3.05, 3.63) is 82.9 Å². The van der Waals surface area contributed by atoms with Crippen molar-refractivity contribution in [3.63, 3.8) is 0 Å². The van der Waals surface area contributed by atoms with Gasteiger partial charge in [-0.1, -0.05) is 48.0 Å². The molecular formula is C19H16N6S. The smallest absolute Gasteiger partial charge is 0.216 e. The summed E-state index contributed by atoms with van der Waals surface area (Å²) in [6.07, 6.45) is 5.38. The van der Waals surface area contributed by atoms with Crippen molar-refractivity contribution < 1.29 is 0 Å². The lowest BCUT2D eigenvalue weighted by atomic mass is 10.1. The third-order valence-corrected chi connectivity index (χ3v) is 4.17. The fraction of sp³-hybridized carbons (Fsp3) is 0.0526. The van der Waals surface area contributed by atoms with Crippen LogP contribution in [0.25, 0.3) is 17.1 Å². The summed E-state index contributed by atoms with van der Waals surface area (Å²) in [6.45, 7) is 2.05. The highest BCUT2D eigenvalue weighted by atomic mass is 32.1. The number of nitrogens with one attached hydrogen (secondary N) is 1. The lowest BCUT2D eigenvalue weighted by molar-refractivity contribution is 0.871. The van der Waals surface area contributed by atoms with Crippen LogP contribution in [0.5, 0.6) is 0 Å². The molecule has 0 spiro atoms. The largest absolute Gasteiger partial charge is 0.250 e. The van der Waals surface area contributed by atoms with Gasteiger partial charge in [-0.25, -0.2) is 9.78 Å². The molecule has 26 heavy (non-hydrogen) atoms. The molecule has 0 saturated carbocycles. The van der Waals surface area contributed by atoms with Crippen LogP contribution in [0.1, 0.15) is 11.1 Å². The maximum atomic E-state index is 5.31. The van der Waals surface area contributed by atoms with Gasteiger partial charge in [0.15, 0.2) is 5.82 Å². The molecule has 0 amide bonds. The van der Waals surface area contributed by atoms with Crippen molar-refractivity contribution in [2.45, 2.75) is 6.92 Å². The molecule has 0 aliphatic carbocycles. The number of aromatic nitrogens is 5. The van der Waals surface area contributed by atoms with Gasteiger partial charge in [0, 0.05) is 17.3 Å². The number of nitrogens with zero attached hydrogens (tertiary/aromatic N) is 5. The Morgan fingerprint density at radius 2 is 1.85 bits per heavy atom. The lowest BCUT2D eigenvalue weighted by Gasteiger charge is -2.01. The number of hydrogen-bond donors (Lipinski definition) is 1. The molecule has 2 heterocycles. The van der Waals surface area contributed by atoms with Crippen molar-refractivity contribution in [2.24, 2.45) is 5.10 Å². The number of rotatable bonds is 4. The Hall–Kier alpha value is -3.32. The second-order valence-corrected chi connectivity index (χ2v) is 6.22. The average molecular weight is 360 g/mol. The molecule has 2 aromatic heterocycles. The van der Waals surface area contributed by atoms with E-state index in [-0.39, 0.29) is 0 Å². The predicted octanol–water partition coefficient (Wildman–Crippen LogP) is 3.98. The molecule has 6 nitrogen and oxygen atoms in total. The zero-order chi connectivity index (χ0) is 17.9. The zero-order valence-electron chi connectivity index (χ0n) is 14.1. The monoisotopic (exact) mass is 360 g/mol. The van der Waals surface area contributed by atoms with Gasteiger partial charge in [-0.15, -0.1) is 0 Å². The Morgan fingerprint density at radius 3 is 2.62 bits per heavy atom. The third kappa shape index (κ3) is 3.25. The molecule has 1 N–H and O–H groups in total. The van der Waals surface area contributed by atoms with Gasteiger partial charge in [-0.2, -0.15) is 20.0 Å². The van der Waals surface area contributed by atoms with Crippen molar-refractivity contribution in [2.75, 3.05) is 0 Å². The van der Waals surface area contributed by atoms with E-state index in [4.69, 9.17) is 12.2 Å². The van der Waals surface area contributed by atoms with Crippen LogP contribution in [0.15, 0.2) is 72.1 Å². The summed E-state index contributed by atoms with van der Waals surface area (Å²) in [4.78, 5) is 0. The molecule has 0 aliphatic heterocycles. The summed E-state index contributed by atoms with van der Waals surface area (Å²) in [5, 5.41) is 15.9. The maximum absolute atomic E-state index is 5.31. The van der Waals surface area contributed by atoms with Crippen LogP contribution in [0.3, 0.4) is 0 Å². The minimum absolute atomic E-state index is 0.437. The summed E-state index contributed by atoms with van der Waals surface area (Å²) in [7, 11) is 0. The van der Waals surface area contributed by atoms with E-state index in [1.807, 2.05) is 67.7 Å². The SMILES string of the molecule is Cc1ccc(-c2n[nH]c(=S)n2/N=C\c2cnn(-c3ccccc3)c2)cc1. The van der Waals surface area contributed by atoms with E-state index in [9.17, 15) is 0 Å². The molecule has 128 valence electrons. The second kappa shape index (κ2) is 6.89. The highest BCUT2D eigenvalue weighted by Crippen LogP contribution is 2.17. The Bertz CT molecular complexity index is 1100. The standard InChI is InChI=1S/C19H16N6S/c1-14-7-9-16(10-8-14)18-22-23-19(26)25(18)21-12-15-11-20-24(13-15)17-5-3-2-4-6-17/h2-13H,1H3,(H,23,26)/b21-12-. The van der Waals surface area contributed by atoms with E-state index in [0.29, 0.717) is 10.6 Å². The van der Waals surface area contributed by atoms with Gasteiger partial charge in [0.1, 0.15) is 0 Å². The fourth-order valence-electron chi connectivity index (χ4n) is 2.54. The predicted molar refractivity (Wildman–Crippen MR) is 104 cm³/mol. The minimum atomic E-state index is 0.437. The molecule has 4 rings (SSSR count). The molecule has 0 unspecified atom stereocenters. The van der Waals surface area contributed by atoms with E-state index in [0.717, 1.165) is 16.8 Å². The molecule has 0 saturated heterocycles. The Kier molecular flexibility index (Phi) is 4.28. The van der Waals surface area contributed by atoms with Crippen molar-refractivity contribution in [1.82, 2.24) is 24.7 Å². The summed E-state index contributed by atoms with van der Waals surface area (Å²) in [5.41, 5.74) is 3.99. The van der Waals surface area contributed by atoms with Crippen LogP contribution in [0.4, 0.5) is 0 Å². The van der Waals surface area contributed by atoms with Crippen LogP contribution >= 0.6 is 12.2 Å². The Balaban J connectivity index is 1.64. The number of benzene rings is 2. The number of aryl methyl sites for hydroxylation is 1. The van der Waals surface area contributed by atoms with Crippen molar-refractivity contribution >= 4 is 18.4 Å². The van der Waals surface area contributed by atoms with Gasteiger partial charge in [0.2, 0.25) is 4.77 Å². The summed E-state index contributed by atoms with van der Waals surface area (Å²) in [5.74, 6) is 0.668. The van der Waals surface area contributed by atoms with Crippen LogP contribution in [0, 0.1) is 11.7 Å². The minimum Gasteiger partial charge on any atom is -0.250 e. The highest BCUT2D eigenvalue weighted by Gasteiger charge is 2.08. The van der Waals surface area contributed by atoms with Gasteiger partial charge in [0.25, 0.3) is 0 Å². The number of aromatic amines is 1. The highest BCUT2D eigenvalue weighted by molar-refractivity contribution is 7.71. The van der Waals surface area contributed by atoms with Crippen LogP contribution in [0.2, 0.25) is 0 Å². The lowest BCUT2D eigenvalue weighted by Crippen LogP contribution is -1.95. The first-order valence-corrected chi connectivity index (χ1v) is 8.50. The van der Waals surface area contributed by atoms with E-state index in [2.05, 4.69) is 20.4 Å².